The van der Waals surface area contributed by atoms with Gasteiger partial charge in [0, 0.05) is 17.4 Å². The van der Waals surface area contributed by atoms with Gasteiger partial charge in [0.1, 0.15) is 23.1 Å². The molecule has 3 aromatic rings. The van der Waals surface area contributed by atoms with Crippen LogP contribution < -0.4 is 5.56 Å². The number of hydrogen-bond acceptors (Lipinski definition) is 3. The molecular formula is C16H14F2N2OS. The fraction of sp³-hybridized carbons (Fsp3) is 0.250. The summed E-state index contributed by atoms with van der Waals surface area (Å²) in [7, 11) is 0. The minimum absolute atomic E-state index is 0.00362. The molecule has 0 atom stereocenters. The number of thiophene rings is 1. The van der Waals surface area contributed by atoms with Crippen molar-refractivity contribution < 1.29 is 8.78 Å². The Balaban J connectivity index is 2.28. The number of hydrogen-bond donors (Lipinski definition) is 0. The lowest BCUT2D eigenvalue weighted by Gasteiger charge is -2.09. The Morgan fingerprint density at radius 3 is 2.64 bits per heavy atom. The zero-order valence-corrected chi connectivity index (χ0v) is 12.8. The second-order valence-corrected chi connectivity index (χ2v) is 5.72. The quantitative estimate of drug-likeness (QED) is 0.733. The van der Waals surface area contributed by atoms with E-state index in [2.05, 4.69) is 4.98 Å². The van der Waals surface area contributed by atoms with Crippen molar-refractivity contribution in [3.63, 3.8) is 0 Å². The molecule has 1 aromatic carbocycles. The molecule has 0 saturated carbocycles. The summed E-state index contributed by atoms with van der Waals surface area (Å²) in [5, 5.41) is 2.31. The van der Waals surface area contributed by atoms with Crippen LogP contribution in [0.3, 0.4) is 0 Å². The predicted octanol–water partition coefficient (Wildman–Crippen LogP) is 3.80. The zero-order chi connectivity index (χ0) is 15.7. The van der Waals surface area contributed by atoms with Gasteiger partial charge in [-0.3, -0.25) is 9.36 Å². The molecule has 3 rings (SSSR count). The first-order valence-corrected chi connectivity index (χ1v) is 7.86. The van der Waals surface area contributed by atoms with Gasteiger partial charge in [0.2, 0.25) is 0 Å². The van der Waals surface area contributed by atoms with E-state index in [1.165, 1.54) is 28.0 Å². The lowest BCUT2D eigenvalue weighted by molar-refractivity contribution is 0.432. The number of halogens is 2. The van der Waals surface area contributed by atoms with Crippen molar-refractivity contribution in [1.29, 1.82) is 0 Å². The summed E-state index contributed by atoms with van der Waals surface area (Å²) in [6.07, 6.45) is 0.564. The first-order valence-electron chi connectivity index (χ1n) is 6.98. The summed E-state index contributed by atoms with van der Waals surface area (Å²) in [6.45, 7) is 1.27. The van der Waals surface area contributed by atoms with E-state index in [1.807, 2.05) is 12.3 Å². The third kappa shape index (κ3) is 2.43. The molecule has 2 heterocycles. The molecule has 22 heavy (non-hydrogen) atoms. The Labute approximate surface area is 129 Å². The highest BCUT2D eigenvalue weighted by Crippen LogP contribution is 2.31. The fourth-order valence-electron chi connectivity index (χ4n) is 2.49. The molecular weight excluding hydrogens is 306 g/mol. The van der Waals surface area contributed by atoms with Gasteiger partial charge in [-0.2, -0.15) is 0 Å². The molecule has 0 aliphatic carbocycles. The van der Waals surface area contributed by atoms with E-state index in [9.17, 15) is 13.6 Å². The molecule has 0 radical (unpaired) electrons. The smallest absolute Gasteiger partial charge is 0.262 e. The maximum atomic E-state index is 13.1. The van der Waals surface area contributed by atoms with E-state index < -0.39 is 6.67 Å². The monoisotopic (exact) mass is 320 g/mol. The molecule has 0 fully saturated rings. The van der Waals surface area contributed by atoms with E-state index in [4.69, 9.17) is 0 Å². The van der Waals surface area contributed by atoms with Crippen molar-refractivity contribution in [3.05, 3.63) is 51.6 Å². The largest absolute Gasteiger partial charge is 0.293 e. The number of aromatic nitrogens is 2. The van der Waals surface area contributed by atoms with Crippen molar-refractivity contribution in [2.24, 2.45) is 0 Å². The average molecular weight is 320 g/mol. The Morgan fingerprint density at radius 2 is 2.00 bits per heavy atom. The van der Waals surface area contributed by atoms with Crippen molar-refractivity contribution >= 4 is 21.6 Å². The van der Waals surface area contributed by atoms with E-state index in [1.54, 1.807) is 12.1 Å². The molecule has 0 unspecified atom stereocenters. The van der Waals surface area contributed by atoms with Crippen LogP contribution in [-0.4, -0.2) is 16.2 Å². The Bertz CT molecular complexity index is 868. The van der Waals surface area contributed by atoms with E-state index in [0.717, 1.165) is 5.56 Å². The second kappa shape index (κ2) is 5.96. The summed E-state index contributed by atoms with van der Waals surface area (Å²) in [5.74, 6) is 0.257. The molecule has 6 heteroatoms. The Hall–Kier alpha value is -2.08. The SMILES string of the molecule is CCc1nc2scc(-c3ccc(F)cc3)c2c(=O)n1CCF. The van der Waals surface area contributed by atoms with Crippen molar-refractivity contribution in [2.45, 2.75) is 19.9 Å². The van der Waals surface area contributed by atoms with Gasteiger partial charge >= 0.3 is 0 Å². The van der Waals surface area contributed by atoms with E-state index in [0.29, 0.717) is 28.0 Å². The van der Waals surface area contributed by atoms with Crippen LogP contribution in [0.15, 0.2) is 34.4 Å². The molecule has 0 amide bonds. The van der Waals surface area contributed by atoms with E-state index >= 15 is 0 Å². The molecule has 2 aromatic heterocycles. The maximum Gasteiger partial charge on any atom is 0.262 e. The van der Waals surface area contributed by atoms with Gasteiger partial charge in [-0.15, -0.1) is 11.3 Å². The van der Waals surface area contributed by atoms with Gasteiger partial charge in [0.05, 0.1) is 11.9 Å². The fourth-order valence-corrected chi connectivity index (χ4v) is 3.45. The number of nitrogens with zero attached hydrogens (tertiary/aromatic N) is 2. The summed E-state index contributed by atoms with van der Waals surface area (Å²) in [4.78, 5) is 17.8. The summed E-state index contributed by atoms with van der Waals surface area (Å²) in [6, 6.07) is 5.96. The molecule has 0 spiro atoms. The lowest BCUT2D eigenvalue weighted by Crippen LogP contribution is -2.25. The van der Waals surface area contributed by atoms with Crippen LogP contribution in [0.1, 0.15) is 12.7 Å². The molecule has 0 aliphatic heterocycles. The Morgan fingerprint density at radius 1 is 1.27 bits per heavy atom. The number of alkyl halides is 1. The van der Waals surface area contributed by atoms with Crippen LogP contribution in [0.4, 0.5) is 8.78 Å². The molecule has 0 N–H and O–H groups in total. The first-order chi connectivity index (χ1) is 10.7. The van der Waals surface area contributed by atoms with Crippen molar-refractivity contribution in [1.82, 2.24) is 9.55 Å². The molecule has 0 saturated heterocycles. The molecule has 3 nitrogen and oxygen atoms in total. The van der Waals surface area contributed by atoms with Crippen LogP contribution >= 0.6 is 11.3 Å². The van der Waals surface area contributed by atoms with Crippen molar-refractivity contribution in [2.75, 3.05) is 6.67 Å². The lowest BCUT2D eigenvalue weighted by atomic mass is 10.1. The molecule has 0 aliphatic rings. The third-order valence-electron chi connectivity index (χ3n) is 3.55. The zero-order valence-electron chi connectivity index (χ0n) is 12.0. The highest BCUT2D eigenvalue weighted by molar-refractivity contribution is 7.17. The number of benzene rings is 1. The van der Waals surface area contributed by atoms with Crippen LogP contribution in [-0.2, 0) is 13.0 Å². The summed E-state index contributed by atoms with van der Waals surface area (Å²) in [5.41, 5.74) is 1.23. The predicted molar refractivity (Wildman–Crippen MR) is 84.6 cm³/mol. The topological polar surface area (TPSA) is 34.9 Å². The van der Waals surface area contributed by atoms with Gasteiger partial charge in [-0.05, 0) is 17.7 Å². The highest BCUT2D eigenvalue weighted by Gasteiger charge is 2.16. The highest BCUT2D eigenvalue weighted by atomic mass is 32.1. The third-order valence-corrected chi connectivity index (χ3v) is 4.42. The van der Waals surface area contributed by atoms with Crippen LogP contribution in [0.25, 0.3) is 21.3 Å². The van der Waals surface area contributed by atoms with Gasteiger partial charge in [0.25, 0.3) is 5.56 Å². The molecule has 0 bridgehead atoms. The van der Waals surface area contributed by atoms with Gasteiger partial charge in [-0.25, -0.2) is 13.8 Å². The minimum Gasteiger partial charge on any atom is -0.293 e. The minimum atomic E-state index is -0.615. The number of fused-ring (bicyclic) bond motifs is 1. The van der Waals surface area contributed by atoms with Crippen LogP contribution in [0.2, 0.25) is 0 Å². The average Bonchev–Trinajstić information content (AvgIpc) is 2.95. The molecule has 114 valence electrons. The van der Waals surface area contributed by atoms with Gasteiger partial charge in [-0.1, -0.05) is 19.1 Å². The van der Waals surface area contributed by atoms with Crippen LogP contribution in [0, 0.1) is 5.82 Å². The maximum absolute atomic E-state index is 13.1. The number of aryl methyl sites for hydroxylation is 1. The Kier molecular flexibility index (Phi) is 4.02. The van der Waals surface area contributed by atoms with E-state index in [-0.39, 0.29) is 17.9 Å². The van der Waals surface area contributed by atoms with Crippen LogP contribution in [0.5, 0.6) is 0 Å². The van der Waals surface area contributed by atoms with Gasteiger partial charge in [0.15, 0.2) is 0 Å². The summed E-state index contributed by atoms with van der Waals surface area (Å²) < 4.78 is 27.2. The standard InChI is InChI=1S/C16H14F2N2OS/c1-2-13-19-15-14(16(21)20(13)8-7-17)12(9-22-15)10-3-5-11(18)6-4-10/h3-6,9H,2,7-8H2,1H3. The first kappa shape index (κ1) is 14.8. The normalized spacial score (nSPS) is 11.2. The summed E-state index contributed by atoms with van der Waals surface area (Å²) >= 11 is 1.37. The second-order valence-electron chi connectivity index (χ2n) is 4.86. The number of rotatable bonds is 4. The van der Waals surface area contributed by atoms with Gasteiger partial charge < -0.3 is 0 Å². The van der Waals surface area contributed by atoms with Crippen molar-refractivity contribution in [3.8, 4) is 11.1 Å².